The highest BCUT2D eigenvalue weighted by atomic mass is 16.5. The number of carbonyl (C=O) groups is 1. The van der Waals surface area contributed by atoms with Gasteiger partial charge < -0.3 is 14.6 Å². The Hall–Kier alpha value is -2.56. The molecule has 1 aliphatic carbocycles. The molecular formula is C18H19NO4. The van der Waals surface area contributed by atoms with Gasteiger partial charge in [-0.2, -0.15) is 0 Å². The highest BCUT2D eigenvalue weighted by Gasteiger charge is 2.64. The van der Waals surface area contributed by atoms with Crippen molar-refractivity contribution in [3.8, 4) is 11.6 Å². The van der Waals surface area contributed by atoms with E-state index in [0.29, 0.717) is 23.6 Å². The molecule has 0 spiro atoms. The van der Waals surface area contributed by atoms with Crippen LogP contribution in [0.1, 0.15) is 29.2 Å². The Kier molecular flexibility index (Phi) is 3.72. The first kappa shape index (κ1) is 15.3. The van der Waals surface area contributed by atoms with Gasteiger partial charge in [0.1, 0.15) is 11.2 Å². The van der Waals surface area contributed by atoms with Crippen molar-refractivity contribution in [3.05, 3.63) is 53.2 Å². The predicted molar refractivity (Wildman–Crippen MR) is 85.2 cm³/mol. The fourth-order valence-electron chi connectivity index (χ4n) is 3.18. The second-order valence-electron chi connectivity index (χ2n) is 5.84. The third-order valence-electron chi connectivity index (χ3n) is 4.49. The summed E-state index contributed by atoms with van der Waals surface area (Å²) in [4.78, 5) is 16.5. The number of hydrogen-bond acceptors (Lipinski definition) is 4. The quantitative estimate of drug-likeness (QED) is 0.919. The maximum absolute atomic E-state index is 12.1. The third kappa shape index (κ3) is 2.42. The highest BCUT2D eigenvalue weighted by molar-refractivity contribution is 5.88. The molecule has 1 aromatic carbocycles. The van der Waals surface area contributed by atoms with Crippen LogP contribution in [0.25, 0.3) is 0 Å². The van der Waals surface area contributed by atoms with Crippen LogP contribution in [0.15, 0.2) is 36.4 Å². The van der Waals surface area contributed by atoms with Gasteiger partial charge in [0.25, 0.3) is 0 Å². The van der Waals surface area contributed by atoms with Gasteiger partial charge in [0.2, 0.25) is 5.88 Å². The fourth-order valence-corrected chi connectivity index (χ4v) is 3.18. The number of carboxylic acids is 1. The number of benzene rings is 1. The summed E-state index contributed by atoms with van der Waals surface area (Å²) in [6.45, 7) is 1.94. The van der Waals surface area contributed by atoms with Crippen LogP contribution in [0.3, 0.4) is 0 Å². The van der Waals surface area contributed by atoms with Crippen LogP contribution in [0.2, 0.25) is 0 Å². The van der Waals surface area contributed by atoms with Crippen LogP contribution in [0, 0.1) is 6.92 Å². The Balaban J connectivity index is 2.07. The first-order chi connectivity index (χ1) is 11.0. The molecule has 0 saturated heterocycles. The molecule has 0 aliphatic heterocycles. The van der Waals surface area contributed by atoms with Gasteiger partial charge in [-0.05, 0) is 25.5 Å². The highest BCUT2D eigenvalue weighted by Crippen LogP contribution is 2.62. The van der Waals surface area contributed by atoms with Crippen LogP contribution < -0.4 is 9.47 Å². The minimum Gasteiger partial charge on any atom is -0.496 e. The Morgan fingerprint density at radius 1 is 1.26 bits per heavy atom. The number of carboxylic acid groups (broad SMARTS) is 1. The zero-order valence-corrected chi connectivity index (χ0v) is 13.4. The number of aryl methyl sites for hydroxylation is 1. The van der Waals surface area contributed by atoms with Gasteiger partial charge in [-0.1, -0.05) is 23.8 Å². The average molecular weight is 313 g/mol. The van der Waals surface area contributed by atoms with E-state index in [9.17, 15) is 9.90 Å². The molecule has 3 rings (SSSR count). The van der Waals surface area contributed by atoms with Crippen LogP contribution in [-0.2, 0) is 10.2 Å². The van der Waals surface area contributed by atoms with E-state index in [-0.39, 0.29) is 5.92 Å². The lowest BCUT2D eigenvalue weighted by Crippen LogP contribution is -2.23. The van der Waals surface area contributed by atoms with Gasteiger partial charge in [0.15, 0.2) is 0 Å². The first-order valence-corrected chi connectivity index (χ1v) is 7.42. The summed E-state index contributed by atoms with van der Waals surface area (Å²) in [6, 6.07) is 11.1. The summed E-state index contributed by atoms with van der Waals surface area (Å²) in [5.41, 5.74) is 1.46. The molecule has 0 bridgehead atoms. The molecule has 2 aromatic rings. The van der Waals surface area contributed by atoms with E-state index < -0.39 is 11.4 Å². The number of ether oxygens (including phenoxy) is 2. The fraction of sp³-hybridized carbons (Fsp3) is 0.333. The van der Waals surface area contributed by atoms with Gasteiger partial charge in [-0.15, -0.1) is 0 Å². The molecular weight excluding hydrogens is 294 g/mol. The summed E-state index contributed by atoms with van der Waals surface area (Å²) in [5, 5.41) is 9.91. The number of aromatic nitrogens is 1. The molecule has 0 unspecified atom stereocenters. The van der Waals surface area contributed by atoms with Crippen LogP contribution in [0.4, 0.5) is 0 Å². The van der Waals surface area contributed by atoms with E-state index in [4.69, 9.17) is 9.47 Å². The molecule has 0 amide bonds. The second kappa shape index (κ2) is 5.57. The standard InChI is InChI=1S/C18H19NO4/c1-11-7-8-15(22-2)12(9-11)18(17(20)21)10-13(18)14-5-4-6-16(19-14)23-3/h4-9,13H,10H2,1-3H3,(H,20,21)/t13-,18-/m0/s1. The van der Waals surface area contributed by atoms with Gasteiger partial charge in [-0.3, -0.25) is 4.79 Å². The Labute approximate surface area is 134 Å². The Morgan fingerprint density at radius 3 is 2.70 bits per heavy atom. The minimum atomic E-state index is -0.989. The monoisotopic (exact) mass is 313 g/mol. The number of pyridine rings is 1. The molecule has 23 heavy (non-hydrogen) atoms. The van der Waals surface area contributed by atoms with Crippen molar-refractivity contribution < 1.29 is 19.4 Å². The molecule has 1 saturated carbocycles. The number of methoxy groups -OCH3 is 2. The minimum absolute atomic E-state index is 0.189. The molecule has 1 fully saturated rings. The summed E-state index contributed by atoms with van der Waals surface area (Å²) < 4.78 is 10.5. The summed E-state index contributed by atoms with van der Waals surface area (Å²) in [5.74, 6) is 0.0510. The van der Waals surface area contributed by atoms with Gasteiger partial charge in [0.05, 0.1) is 14.2 Å². The normalized spacial score (nSPS) is 22.5. The van der Waals surface area contributed by atoms with Crippen molar-refractivity contribution in [2.24, 2.45) is 0 Å². The van der Waals surface area contributed by atoms with Gasteiger partial charge >= 0.3 is 5.97 Å². The number of nitrogens with zero attached hydrogens (tertiary/aromatic N) is 1. The van der Waals surface area contributed by atoms with E-state index in [2.05, 4.69) is 4.98 Å². The summed E-state index contributed by atoms with van der Waals surface area (Å²) in [6.07, 6.45) is 0.502. The molecule has 5 nitrogen and oxygen atoms in total. The molecule has 1 aliphatic rings. The van der Waals surface area contributed by atoms with Gasteiger partial charge in [0, 0.05) is 23.2 Å². The van der Waals surface area contributed by atoms with Crippen molar-refractivity contribution in [1.82, 2.24) is 4.98 Å². The van der Waals surface area contributed by atoms with Crippen LogP contribution in [-0.4, -0.2) is 30.3 Å². The van der Waals surface area contributed by atoms with Crippen LogP contribution >= 0.6 is 0 Å². The molecule has 120 valence electrons. The Bertz CT molecular complexity index is 758. The van der Waals surface area contributed by atoms with E-state index in [1.165, 1.54) is 0 Å². The largest absolute Gasteiger partial charge is 0.496 e. The number of rotatable bonds is 5. The topological polar surface area (TPSA) is 68.7 Å². The zero-order chi connectivity index (χ0) is 16.6. The smallest absolute Gasteiger partial charge is 0.314 e. The lowest BCUT2D eigenvalue weighted by atomic mass is 9.90. The summed E-state index contributed by atoms with van der Waals surface area (Å²) >= 11 is 0. The lowest BCUT2D eigenvalue weighted by molar-refractivity contribution is -0.140. The Morgan fingerprint density at radius 2 is 2.04 bits per heavy atom. The van der Waals surface area contributed by atoms with Crippen molar-refractivity contribution in [2.45, 2.75) is 24.7 Å². The average Bonchev–Trinajstić information content (AvgIpc) is 3.32. The third-order valence-corrected chi connectivity index (χ3v) is 4.49. The van der Waals surface area contributed by atoms with Crippen molar-refractivity contribution in [3.63, 3.8) is 0 Å². The molecule has 1 aromatic heterocycles. The van der Waals surface area contributed by atoms with E-state index >= 15 is 0 Å². The van der Waals surface area contributed by atoms with Crippen molar-refractivity contribution in [1.29, 1.82) is 0 Å². The molecule has 2 atom stereocenters. The molecule has 5 heteroatoms. The lowest BCUT2D eigenvalue weighted by Gasteiger charge is -2.17. The van der Waals surface area contributed by atoms with E-state index in [1.54, 1.807) is 20.3 Å². The zero-order valence-electron chi connectivity index (χ0n) is 13.4. The maximum Gasteiger partial charge on any atom is 0.314 e. The first-order valence-electron chi connectivity index (χ1n) is 7.42. The number of aliphatic carboxylic acids is 1. The molecule has 0 radical (unpaired) electrons. The maximum atomic E-state index is 12.1. The van der Waals surface area contributed by atoms with Crippen molar-refractivity contribution in [2.75, 3.05) is 14.2 Å². The summed E-state index contributed by atoms with van der Waals surface area (Å²) in [7, 11) is 3.11. The van der Waals surface area contributed by atoms with E-state index in [0.717, 1.165) is 11.3 Å². The number of hydrogen-bond donors (Lipinski definition) is 1. The van der Waals surface area contributed by atoms with Gasteiger partial charge in [-0.25, -0.2) is 4.98 Å². The molecule has 1 N–H and O–H groups in total. The predicted octanol–water partition coefficient (Wildman–Crippen LogP) is 2.92. The van der Waals surface area contributed by atoms with Crippen molar-refractivity contribution >= 4 is 5.97 Å². The SMILES string of the molecule is COc1cccc([C@@H]2C[C@]2(C(=O)O)c2cc(C)ccc2OC)n1. The molecule has 1 heterocycles. The van der Waals surface area contributed by atoms with Crippen LogP contribution in [0.5, 0.6) is 11.6 Å². The second-order valence-corrected chi connectivity index (χ2v) is 5.84. The van der Waals surface area contributed by atoms with E-state index in [1.807, 2.05) is 37.3 Å².